The number of aromatic nitrogens is 3. The zero-order valence-corrected chi connectivity index (χ0v) is 23.4. The number of hydrogen-bond acceptors (Lipinski definition) is 8. The number of hydrogen-bond donors (Lipinski definition) is 2. The Balaban J connectivity index is 0.000000317. The van der Waals surface area contributed by atoms with E-state index in [0.717, 1.165) is 61.0 Å². The first-order chi connectivity index (χ1) is 20.6. The fourth-order valence-electron chi connectivity index (χ4n) is 4.53. The lowest BCUT2D eigenvalue weighted by Crippen LogP contribution is -2.44. The Hall–Kier alpha value is -4.38. The standard InChI is InChI=1S/C23H26N4O3.2C2HF3O2/c1-28-19-7-5-17(6-8-19)20-12-25-21-14-30-23(16-27(20)21)9-11-26(15-23)13-18-4-3-10-24-22(18)29-2;2*3-2(4,5)1(6)7/h3-8,10,12H,9,11,13-16H2,1-2H3;2*(H,6,7). The number of carboxylic acid groups (broad SMARTS) is 2. The Kier molecular flexibility index (Phi) is 10.8. The summed E-state index contributed by atoms with van der Waals surface area (Å²) >= 11 is 0. The molecule has 11 nitrogen and oxygen atoms in total. The van der Waals surface area contributed by atoms with Crippen LogP contribution in [0.5, 0.6) is 11.6 Å². The zero-order valence-electron chi connectivity index (χ0n) is 23.4. The van der Waals surface area contributed by atoms with E-state index in [0.29, 0.717) is 12.5 Å². The molecular weight excluding hydrogens is 606 g/mol. The van der Waals surface area contributed by atoms with E-state index in [2.05, 4.69) is 37.6 Å². The molecule has 1 aromatic carbocycles. The Morgan fingerprint density at radius 2 is 1.57 bits per heavy atom. The van der Waals surface area contributed by atoms with Crippen LogP contribution in [0.1, 0.15) is 17.8 Å². The van der Waals surface area contributed by atoms with E-state index in [1.165, 1.54) is 0 Å². The van der Waals surface area contributed by atoms with Gasteiger partial charge in [0, 0.05) is 37.0 Å². The third-order valence-electron chi connectivity index (χ3n) is 6.60. The number of carbonyl (C=O) groups is 2. The smallest absolute Gasteiger partial charge is 0.490 e. The highest BCUT2D eigenvalue weighted by Gasteiger charge is 2.43. The van der Waals surface area contributed by atoms with Crippen LogP contribution in [0.15, 0.2) is 48.8 Å². The molecule has 3 aromatic rings. The second-order valence-electron chi connectivity index (χ2n) is 9.58. The number of halogens is 6. The van der Waals surface area contributed by atoms with Crippen molar-refractivity contribution < 1.29 is 60.4 Å². The van der Waals surface area contributed by atoms with Crippen molar-refractivity contribution >= 4 is 11.9 Å². The van der Waals surface area contributed by atoms with E-state index in [1.54, 1.807) is 20.4 Å². The zero-order chi connectivity index (χ0) is 32.7. The fraction of sp³-hybridized carbons (Fsp3) is 0.407. The van der Waals surface area contributed by atoms with Gasteiger partial charge in [0.25, 0.3) is 0 Å². The minimum absolute atomic E-state index is 0.190. The molecule has 1 atom stereocenters. The molecular formula is C27H28F6N4O7. The van der Waals surface area contributed by atoms with Gasteiger partial charge in [0.1, 0.15) is 23.8 Å². The molecule has 0 radical (unpaired) electrons. The van der Waals surface area contributed by atoms with E-state index < -0.39 is 24.3 Å². The molecule has 1 fully saturated rings. The molecule has 0 saturated carbocycles. The van der Waals surface area contributed by atoms with Gasteiger partial charge in [0.2, 0.25) is 5.88 Å². The highest BCUT2D eigenvalue weighted by molar-refractivity contribution is 5.73. The number of ether oxygens (including phenoxy) is 3. The van der Waals surface area contributed by atoms with Crippen LogP contribution >= 0.6 is 0 Å². The van der Waals surface area contributed by atoms with Crippen LogP contribution in [0, 0.1) is 0 Å². The van der Waals surface area contributed by atoms with E-state index >= 15 is 0 Å². The third-order valence-corrected chi connectivity index (χ3v) is 6.60. The molecule has 5 rings (SSSR count). The molecule has 0 aliphatic carbocycles. The molecule has 2 N–H and O–H groups in total. The average Bonchev–Trinajstić information content (AvgIpc) is 3.56. The van der Waals surface area contributed by atoms with Gasteiger partial charge in [-0.2, -0.15) is 26.3 Å². The van der Waals surface area contributed by atoms with Crippen LogP contribution in [-0.4, -0.2) is 86.8 Å². The molecule has 44 heavy (non-hydrogen) atoms. The van der Waals surface area contributed by atoms with Crippen LogP contribution in [0.3, 0.4) is 0 Å². The first kappa shape index (κ1) is 34.1. The van der Waals surface area contributed by atoms with Gasteiger partial charge >= 0.3 is 24.3 Å². The summed E-state index contributed by atoms with van der Waals surface area (Å²) in [5, 5.41) is 14.2. The van der Waals surface area contributed by atoms with Crippen LogP contribution in [0.4, 0.5) is 26.3 Å². The maximum atomic E-state index is 10.6. The quantitative estimate of drug-likeness (QED) is 0.389. The number of alkyl halides is 6. The first-order valence-electron chi connectivity index (χ1n) is 12.7. The maximum absolute atomic E-state index is 10.6. The number of fused-ring (bicyclic) bond motifs is 1. The third kappa shape index (κ3) is 8.82. The summed E-state index contributed by atoms with van der Waals surface area (Å²) in [4.78, 5) is 29.1. The van der Waals surface area contributed by atoms with Crippen molar-refractivity contribution in [1.82, 2.24) is 19.4 Å². The maximum Gasteiger partial charge on any atom is 0.490 e. The molecule has 2 aliphatic heterocycles. The van der Waals surface area contributed by atoms with Gasteiger partial charge in [0.05, 0.1) is 32.7 Å². The average molecular weight is 635 g/mol. The SMILES string of the molecule is COc1ccc(-c2cnc3n2CC2(CCN(Cc4cccnc4OC)C2)OC3)cc1.O=C(O)C(F)(F)F.O=C(O)C(F)(F)F. The van der Waals surface area contributed by atoms with E-state index in [1.807, 2.05) is 24.4 Å². The summed E-state index contributed by atoms with van der Waals surface area (Å²) in [5.74, 6) is -2.98. The number of benzene rings is 1. The minimum Gasteiger partial charge on any atom is -0.497 e. The van der Waals surface area contributed by atoms with Gasteiger partial charge < -0.3 is 29.0 Å². The number of imidazole rings is 1. The van der Waals surface area contributed by atoms with E-state index in [4.69, 9.17) is 34.0 Å². The number of pyridine rings is 1. The molecule has 4 heterocycles. The number of rotatable bonds is 5. The van der Waals surface area contributed by atoms with Gasteiger partial charge in [-0.1, -0.05) is 6.07 Å². The van der Waals surface area contributed by atoms with Gasteiger partial charge in [-0.05, 0) is 36.8 Å². The number of likely N-dealkylation sites (tertiary alicyclic amines) is 1. The lowest BCUT2D eigenvalue weighted by molar-refractivity contribution is -0.193. The molecule has 2 aromatic heterocycles. The van der Waals surface area contributed by atoms with Crippen LogP contribution in [0.25, 0.3) is 11.3 Å². The highest BCUT2D eigenvalue weighted by Crippen LogP contribution is 2.36. The molecule has 1 saturated heterocycles. The first-order valence-corrected chi connectivity index (χ1v) is 12.7. The van der Waals surface area contributed by atoms with E-state index in [-0.39, 0.29) is 5.60 Å². The van der Waals surface area contributed by atoms with Crippen LogP contribution < -0.4 is 9.47 Å². The number of aliphatic carboxylic acids is 2. The molecule has 1 unspecified atom stereocenters. The van der Waals surface area contributed by atoms with Crippen molar-refractivity contribution in [3.63, 3.8) is 0 Å². The number of methoxy groups -OCH3 is 2. The lowest BCUT2D eigenvalue weighted by atomic mass is 10.0. The van der Waals surface area contributed by atoms with Crippen molar-refractivity contribution in [3.8, 4) is 22.9 Å². The fourth-order valence-corrected chi connectivity index (χ4v) is 4.53. The second kappa shape index (κ2) is 13.9. The van der Waals surface area contributed by atoms with E-state index in [9.17, 15) is 26.3 Å². The minimum atomic E-state index is -5.08. The monoisotopic (exact) mass is 634 g/mol. The van der Waals surface area contributed by atoms with Gasteiger partial charge in [-0.25, -0.2) is 19.6 Å². The van der Waals surface area contributed by atoms with Crippen molar-refractivity contribution in [2.75, 3.05) is 27.3 Å². The predicted octanol–water partition coefficient (Wildman–Crippen LogP) is 4.40. The molecule has 1 spiro atoms. The Morgan fingerprint density at radius 1 is 0.955 bits per heavy atom. The molecule has 0 bridgehead atoms. The van der Waals surface area contributed by atoms with Crippen molar-refractivity contribution in [1.29, 1.82) is 0 Å². The van der Waals surface area contributed by atoms with Crippen molar-refractivity contribution in [2.24, 2.45) is 0 Å². The summed E-state index contributed by atoms with van der Waals surface area (Å²) in [7, 11) is 3.35. The second-order valence-corrected chi connectivity index (χ2v) is 9.58. The lowest BCUT2D eigenvalue weighted by Gasteiger charge is -2.35. The normalized spacial score (nSPS) is 17.9. The summed E-state index contributed by atoms with van der Waals surface area (Å²) < 4.78 is 82.9. The predicted molar refractivity (Wildman–Crippen MR) is 140 cm³/mol. The Bertz CT molecular complexity index is 1410. The Morgan fingerprint density at radius 3 is 2.11 bits per heavy atom. The van der Waals surface area contributed by atoms with Crippen LogP contribution in [0.2, 0.25) is 0 Å². The summed E-state index contributed by atoms with van der Waals surface area (Å²) in [6.07, 6.45) is -5.46. The van der Waals surface area contributed by atoms with Crippen LogP contribution in [-0.2, 0) is 34.0 Å². The molecule has 17 heteroatoms. The van der Waals surface area contributed by atoms with Crippen molar-refractivity contribution in [2.45, 2.75) is 44.1 Å². The van der Waals surface area contributed by atoms with Crippen molar-refractivity contribution in [3.05, 3.63) is 60.2 Å². The Labute approximate surface area is 246 Å². The number of carboxylic acids is 2. The van der Waals surface area contributed by atoms with Gasteiger partial charge in [-0.15, -0.1) is 0 Å². The summed E-state index contributed by atoms with van der Waals surface area (Å²) in [6, 6.07) is 12.2. The molecule has 2 aliphatic rings. The molecule has 240 valence electrons. The number of nitrogens with zero attached hydrogens (tertiary/aromatic N) is 4. The van der Waals surface area contributed by atoms with Gasteiger partial charge in [0.15, 0.2) is 0 Å². The summed E-state index contributed by atoms with van der Waals surface area (Å²) in [6.45, 7) is 4.03. The topological polar surface area (TPSA) is 136 Å². The van der Waals surface area contributed by atoms with Gasteiger partial charge in [-0.3, -0.25) is 4.90 Å². The largest absolute Gasteiger partial charge is 0.497 e. The highest BCUT2D eigenvalue weighted by atomic mass is 19.4. The summed E-state index contributed by atoms with van der Waals surface area (Å²) in [5.41, 5.74) is 3.18. The molecule has 0 amide bonds.